The molecule has 0 bridgehead atoms. The molecule has 2 aromatic rings. The van der Waals surface area contributed by atoms with E-state index in [9.17, 15) is 18.0 Å². The Morgan fingerprint density at radius 3 is 2.33 bits per heavy atom. The van der Waals surface area contributed by atoms with E-state index in [1.54, 1.807) is 0 Å². The monoisotopic (exact) mass is 336 g/mol. The van der Waals surface area contributed by atoms with Gasteiger partial charge in [0.25, 0.3) is 5.91 Å². The number of halogens is 3. The lowest BCUT2D eigenvalue weighted by atomic mass is 10.2. The van der Waals surface area contributed by atoms with Crippen LogP contribution in [0.5, 0.6) is 0 Å². The SMILES string of the molecule is C[C@@H](O/N=C\c1ccccc1)C(=O)Nc1ccc(C(F)(F)F)cc1. The molecule has 7 heteroatoms. The zero-order chi connectivity index (χ0) is 17.6. The first-order chi connectivity index (χ1) is 11.4. The normalized spacial score (nSPS) is 12.8. The summed E-state index contributed by atoms with van der Waals surface area (Å²) >= 11 is 0. The Morgan fingerprint density at radius 2 is 1.75 bits per heavy atom. The van der Waals surface area contributed by atoms with Crippen LogP contribution in [0.25, 0.3) is 0 Å². The molecule has 0 unspecified atom stereocenters. The van der Waals surface area contributed by atoms with Gasteiger partial charge in [0.1, 0.15) is 0 Å². The Balaban J connectivity index is 1.88. The quantitative estimate of drug-likeness (QED) is 0.661. The third-order valence-corrected chi connectivity index (χ3v) is 3.07. The van der Waals surface area contributed by atoms with Crippen molar-refractivity contribution in [2.75, 3.05) is 5.32 Å². The van der Waals surface area contributed by atoms with Crippen molar-refractivity contribution in [1.82, 2.24) is 0 Å². The van der Waals surface area contributed by atoms with Crippen molar-refractivity contribution in [1.29, 1.82) is 0 Å². The predicted molar refractivity (Wildman–Crippen MR) is 84.7 cm³/mol. The van der Waals surface area contributed by atoms with E-state index < -0.39 is 23.8 Å². The summed E-state index contributed by atoms with van der Waals surface area (Å²) < 4.78 is 37.4. The zero-order valence-corrected chi connectivity index (χ0v) is 12.7. The number of amides is 1. The van der Waals surface area contributed by atoms with E-state index in [4.69, 9.17) is 4.84 Å². The van der Waals surface area contributed by atoms with Crippen molar-refractivity contribution < 1.29 is 22.8 Å². The van der Waals surface area contributed by atoms with Gasteiger partial charge in [-0.2, -0.15) is 13.2 Å². The number of oxime groups is 1. The molecule has 0 saturated carbocycles. The molecule has 0 aromatic heterocycles. The number of anilines is 1. The molecule has 0 spiro atoms. The summed E-state index contributed by atoms with van der Waals surface area (Å²) in [6.07, 6.45) is -3.85. The number of alkyl halides is 3. The van der Waals surface area contributed by atoms with Gasteiger partial charge < -0.3 is 10.2 Å². The molecule has 1 N–H and O–H groups in total. The third-order valence-electron chi connectivity index (χ3n) is 3.07. The minimum absolute atomic E-state index is 0.246. The Morgan fingerprint density at radius 1 is 1.12 bits per heavy atom. The van der Waals surface area contributed by atoms with E-state index in [0.717, 1.165) is 17.7 Å². The van der Waals surface area contributed by atoms with Crippen molar-refractivity contribution in [2.24, 2.45) is 5.16 Å². The fourth-order valence-electron chi connectivity index (χ4n) is 1.76. The third kappa shape index (κ3) is 5.12. The first-order valence-corrected chi connectivity index (χ1v) is 7.08. The number of nitrogens with zero attached hydrogens (tertiary/aromatic N) is 1. The second kappa shape index (κ2) is 7.63. The first-order valence-electron chi connectivity index (χ1n) is 7.08. The number of nitrogens with one attached hydrogen (secondary N) is 1. The van der Waals surface area contributed by atoms with Crippen LogP contribution in [0.15, 0.2) is 59.8 Å². The fraction of sp³-hybridized carbons (Fsp3) is 0.176. The Kier molecular flexibility index (Phi) is 5.57. The molecule has 24 heavy (non-hydrogen) atoms. The van der Waals surface area contributed by atoms with Gasteiger partial charge in [0.15, 0.2) is 0 Å². The molecule has 4 nitrogen and oxygen atoms in total. The number of carbonyl (C=O) groups excluding carboxylic acids is 1. The molecule has 0 aliphatic rings. The van der Waals surface area contributed by atoms with Crippen molar-refractivity contribution in [2.45, 2.75) is 19.2 Å². The zero-order valence-electron chi connectivity index (χ0n) is 12.7. The first kappa shape index (κ1) is 17.5. The Bertz CT molecular complexity index is 698. The molecule has 2 rings (SSSR count). The van der Waals surface area contributed by atoms with Gasteiger partial charge in [-0.05, 0) is 36.8 Å². The standard InChI is InChI=1S/C17H15F3N2O2/c1-12(24-21-11-13-5-3-2-4-6-13)16(23)22-15-9-7-14(8-10-15)17(18,19)20/h2-12H,1H3,(H,22,23)/b21-11-/t12-/m1/s1. The average molecular weight is 336 g/mol. The van der Waals surface area contributed by atoms with Crippen LogP contribution in [0.3, 0.4) is 0 Å². The minimum Gasteiger partial charge on any atom is -0.383 e. The maximum absolute atomic E-state index is 12.5. The van der Waals surface area contributed by atoms with E-state index in [-0.39, 0.29) is 5.69 Å². The lowest BCUT2D eigenvalue weighted by Gasteiger charge is -2.11. The molecule has 0 saturated heterocycles. The Labute approximate surface area is 136 Å². The van der Waals surface area contributed by atoms with Crippen LogP contribution in [0.4, 0.5) is 18.9 Å². The van der Waals surface area contributed by atoms with Gasteiger partial charge in [0.2, 0.25) is 6.10 Å². The molecule has 0 heterocycles. The summed E-state index contributed by atoms with van der Waals surface area (Å²) in [5, 5.41) is 6.18. The van der Waals surface area contributed by atoms with Crippen LogP contribution in [0, 0.1) is 0 Å². The summed E-state index contributed by atoms with van der Waals surface area (Å²) in [5.74, 6) is -0.514. The fourth-order valence-corrected chi connectivity index (χ4v) is 1.76. The van der Waals surface area contributed by atoms with Crippen LogP contribution in [-0.2, 0) is 15.8 Å². The molecule has 0 radical (unpaired) electrons. The highest BCUT2D eigenvalue weighted by molar-refractivity contribution is 5.94. The van der Waals surface area contributed by atoms with Gasteiger partial charge in [-0.1, -0.05) is 35.5 Å². The summed E-state index contributed by atoms with van der Waals surface area (Å²) in [5.41, 5.74) is 0.278. The molecule has 2 aromatic carbocycles. The maximum atomic E-state index is 12.5. The second-order valence-electron chi connectivity index (χ2n) is 4.96. The molecule has 126 valence electrons. The minimum atomic E-state index is -4.41. The summed E-state index contributed by atoms with van der Waals surface area (Å²) in [4.78, 5) is 16.9. The largest absolute Gasteiger partial charge is 0.416 e. The van der Waals surface area contributed by atoms with E-state index in [0.29, 0.717) is 0 Å². The average Bonchev–Trinajstić information content (AvgIpc) is 2.55. The predicted octanol–water partition coefficient (Wildman–Crippen LogP) is 4.08. The van der Waals surface area contributed by atoms with E-state index in [1.165, 1.54) is 25.3 Å². The number of rotatable bonds is 5. The molecule has 0 aliphatic carbocycles. The second-order valence-corrected chi connectivity index (χ2v) is 4.96. The molecular weight excluding hydrogens is 321 g/mol. The van der Waals surface area contributed by atoms with Crippen molar-refractivity contribution in [3.8, 4) is 0 Å². The van der Waals surface area contributed by atoms with Gasteiger partial charge in [0, 0.05) is 5.69 Å². The smallest absolute Gasteiger partial charge is 0.383 e. The summed E-state index contributed by atoms with van der Waals surface area (Å²) in [7, 11) is 0. The van der Waals surface area contributed by atoms with Crippen LogP contribution < -0.4 is 5.32 Å². The molecule has 0 fully saturated rings. The topological polar surface area (TPSA) is 50.7 Å². The van der Waals surface area contributed by atoms with Crippen LogP contribution in [0.1, 0.15) is 18.1 Å². The van der Waals surface area contributed by atoms with Gasteiger partial charge in [-0.25, -0.2) is 0 Å². The van der Waals surface area contributed by atoms with Gasteiger partial charge in [-0.15, -0.1) is 0 Å². The van der Waals surface area contributed by atoms with Crippen LogP contribution >= 0.6 is 0 Å². The highest BCUT2D eigenvalue weighted by Crippen LogP contribution is 2.29. The number of hydrogen-bond acceptors (Lipinski definition) is 3. The van der Waals surface area contributed by atoms with Crippen molar-refractivity contribution >= 4 is 17.8 Å². The lowest BCUT2D eigenvalue weighted by Crippen LogP contribution is -2.26. The van der Waals surface area contributed by atoms with E-state index in [2.05, 4.69) is 10.5 Å². The molecule has 0 aliphatic heterocycles. The van der Waals surface area contributed by atoms with Crippen molar-refractivity contribution in [3.63, 3.8) is 0 Å². The Hall–Kier alpha value is -2.83. The molecule has 1 atom stereocenters. The van der Waals surface area contributed by atoms with E-state index in [1.807, 2.05) is 30.3 Å². The number of benzene rings is 2. The summed E-state index contributed by atoms with van der Waals surface area (Å²) in [6, 6.07) is 13.3. The maximum Gasteiger partial charge on any atom is 0.416 e. The van der Waals surface area contributed by atoms with Crippen LogP contribution in [-0.4, -0.2) is 18.2 Å². The lowest BCUT2D eigenvalue weighted by molar-refractivity contribution is -0.137. The van der Waals surface area contributed by atoms with Gasteiger partial charge >= 0.3 is 6.18 Å². The van der Waals surface area contributed by atoms with Gasteiger partial charge in [-0.3, -0.25) is 4.79 Å². The van der Waals surface area contributed by atoms with Crippen LogP contribution in [0.2, 0.25) is 0 Å². The summed E-state index contributed by atoms with van der Waals surface area (Å²) in [6.45, 7) is 1.49. The van der Waals surface area contributed by atoms with Gasteiger partial charge in [0.05, 0.1) is 11.8 Å². The molecule has 1 amide bonds. The molecular formula is C17H15F3N2O2. The number of hydrogen-bond donors (Lipinski definition) is 1. The van der Waals surface area contributed by atoms with Crippen molar-refractivity contribution in [3.05, 3.63) is 65.7 Å². The highest BCUT2D eigenvalue weighted by Gasteiger charge is 2.30. The van der Waals surface area contributed by atoms with E-state index >= 15 is 0 Å². The highest BCUT2D eigenvalue weighted by atomic mass is 19.4. The number of carbonyl (C=O) groups is 1.